The molecule has 0 radical (unpaired) electrons. The predicted octanol–water partition coefficient (Wildman–Crippen LogP) is 1.84. The molecule has 166 valence electrons. The molecule has 0 spiro atoms. The van der Waals surface area contributed by atoms with E-state index in [2.05, 4.69) is 26.0 Å². The van der Waals surface area contributed by atoms with Gasteiger partial charge in [-0.2, -0.15) is 5.10 Å². The molecular weight excluding hydrogens is 499 g/mol. The molecule has 1 unspecified atom stereocenters. The van der Waals surface area contributed by atoms with Gasteiger partial charge in [-0.15, -0.1) is 24.0 Å². The first kappa shape index (κ1) is 25.7. The molecule has 1 heterocycles. The topological polar surface area (TPSA) is 113 Å². The number of nitrogens with zero attached hydrogens (tertiary/aromatic N) is 3. The number of ether oxygens (including phenoxy) is 1. The second-order valence-electron chi connectivity index (χ2n) is 6.86. The smallest absolute Gasteiger partial charge is 0.221 e. The molecule has 2 aromatic rings. The van der Waals surface area contributed by atoms with Crippen LogP contribution < -0.4 is 20.7 Å². The van der Waals surface area contributed by atoms with Gasteiger partial charge in [0.05, 0.1) is 19.3 Å². The van der Waals surface area contributed by atoms with Crippen LogP contribution in [0.25, 0.3) is 0 Å². The van der Waals surface area contributed by atoms with E-state index in [1.165, 1.54) is 6.92 Å². The molecule has 0 fully saturated rings. The number of anilines is 1. The fourth-order valence-electron chi connectivity index (χ4n) is 2.57. The molecule has 9 nitrogen and oxygen atoms in total. The Balaban J connectivity index is 0.00000450. The third-order valence-electron chi connectivity index (χ3n) is 4.03. The molecule has 2 rings (SSSR count). The van der Waals surface area contributed by atoms with E-state index in [9.17, 15) is 9.90 Å². The van der Waals surface area contributed by atoms with Crippen molar-refractivity contribution in [2.75, 3.05) is 31.6 Å². The fourth-order valence-corrected chi connectivity index (χ4v) is 2.57. The number of carbonyl (C=O) groups excluding carboxylic acids is 1. The highest BCUT2D eigenvalue weighted by Crippen LogP contribution is 2.20. The van der Waals surface area contributed by atoms with Crippen molar-refractivity contribution >= 4 is 41.5 Å². The largest absolute Gasteiger partial charge is 0.492 e. The molecule has 0 saturated carbocycles. The van der Waals surface area contributed by atoms with Crippen LogP contribution in [0.1, 0.15) is 26.3 Å². The maximum atomic E-state index is 11.1. The molecule has 0 bridgehead atoms. The standard InChI is InChI=1S/C20H30N6O3.HI/c1-5-21-19(23-14-20(3,28)16-12-24-26(4)13-16)22-9-10-29-18-8-6-7-17(11-18)25-15(2)27;/h6-8,11-13,28H,5,9-10,14H2,1-4H3,(H,25,27)(H2,21,22,23);1H. The number of hydrogen-bond donors (Lipinski definition) is 4. The van der Waals surface area contributed by atoms with Gasteiger partial charge < -0.3 is 25.8 Å². The lowest BCUT2D eigenvalue weighted by molar-refractivity contribution is -0.114. The summed E-state index contributed by atoms with van der Waals surface area (Å²) in [4.78, 5) is 15.6. The summed E-state index contributed by atoms with van der Waals surface area (Å²) in [5.74, 6) is 1.13. The number of aromatic nitrogens is 2. The summed E-state index contributed by atoms with van der Waals surface area (Å²) in [5.41, 5.74) is 0.287. The zero-order chi connectivity index (χ0) is 21.3. The number of aliphatic imine (C=N–C) groups is 1. The Labute approximate surface area is 194 Å². The van der Waals surface area contributed by atoms with E-state index < -0.39 is 5.60 Å². The van der Waals surface area contributed by atoms with E-state index in [1.54, 1.807) is 43.2 Å². The first-order valence-corrected chi connectivity index (χ1v) is 9.54. The number of amides is 1. The summed E-state index contributed by atoms with van der Waals surface area (Å²) >= 11 is 0. The maximum Gasteiger partial charge on any atom is 0.221 e. The summed E-state index contributed by atoms with van der Waals surface area (Å²) in [6.07, 6.45) is 3.41. The van der Waals surface area contributed by atoms with E-state index >= 15 is 0 Å². The van der Waals surface area contributed by atoms with Crippen molar-refractivity contribution in [3.8, 4) is 5.75 Å². The van der Waals surface area contributed by atoms with Crippen LogP contribution in [0.4, 0.5) is 5.69 Å². The zero-order valence-electron chi connectivity index (χ0n) is 17.8. The van der Waals surface area contributed by atoms with Crippen LogP contribution in [0.3, 0.4) is 0 Å². The van der Waals surface area contributed by atoms with Crippen LogP contribution in [0.15, 0.2) is 41.7 Å². The molecule has 0 aliphatic carbocycles. The Bertz CT molecular complexity index is 837. The quantitative estimate of drug-likeness (QED) is 0.170. The van der Waals surface area contributed by atoms with Gasteiger partial charge in [0.25, 0.3) is 0 Å². The highest BCUT2D eigenvalue weighted by Gasteiger charge is 2.24. The molecule has 1 amide bonds. The Morgan fingerprint density at radius 1 is 1.37 bits per heavy atom. The molecule has 30 heavy (non-hydrogen) atoms. The van der Waals surface area contributed by atoms with Gasteiger partial charge in [-0.25, -0.2) is 4.99 Å². The number of halogens is 1. The number of guanidine groups is 1. The number of rotatable bonds is 9. The minimum atomic E-state index is -1.11. The minimum absolute atomic E-state index is 0. The lowest BCUT2D eigenvalue weighted by atomic mass is 10.0. The van der Waals surface area contributed by atoms with Crippen molar-refractivity contribution in [3.05, 3.63) is 42.2 Å². The second kappa shape index (κ2) is 12.4. The Kier molecular flexibility index (Phi) is 10.6. The summed E-state index contributed by atoms with van der Waals surface area (Å²) in [6.45, 7) is 6.96. The number of nitrogens with one attached hydrogen (secondary N) is 3. The lowest BCUT2D eigenvalue weighted by Crippen LogP contribution is -2.40. The second-order valence-corrected chi connectivity index (χ2v) is 6.86. The normalized spacial score (nSPS) is 13.0. The highest BCUT2D eigenvalue weighted by molar-refractivity contribution is 14.0. The molecular formula is C20H31IN6O3. The molecule has 1 aromatic carbocycles. The third-order valence-corrected chi connectivity index (χ3v) is 4.03. The van der Waals surface area contributed by atoms with Crippen LogP contribution in [0.5, 0.6) is 5.75 Å². The first-order chi connectivity index (χ1) is 13.8. The van der Waals surface area contributed by atoms with Gasteiger partial charge in [0.2, 0.25) is 5.91 Å². The van der Waals surface area contributed by atoms with Crippen molar-refractivity contribution in [2.45, 2.75) is 26.4 Å². The molecule has 0 aliphatic rings. The van der Waals surface area contributed by atoms with Gasteiger partial charge in [0.1, 0.15) is 18.0 Å². The molecule has 1 atom stereocenters. The van der Waals surface area contributed by atoms with Gasteiger partial charge in [-0.05, 0) is 26.0 Å². The van der Waals surface area contributed by atoms with Crippen LogP contribution in [0, 0.1) is 0 Å². The summed E-state index contributed by atoms with van der Waals surface area (Å²) in [5, 5.41) is 23.8. The zero-order valence-corrected chi connectivity index (χ0v) is 20.1. The number of carbonyl (C=O) groups is 1. The van der Waals surface area contributed by atoms with Crippen molar-refractivity contribution in [3.63, 3.8) is 0 Å². The van der Waals surface area contributed by atoms with E-state index in [0.717, 1.165) is 0 Å². The SMILES string of the molecule is CCNC(=NCC(C)(O)c1cnn(C)c1)NCCOc1cccc(NC(C)=O)c1.I. The van der Waals surface area contributed by atoms with Crippen LogP contribution in [-0.4, -0.2) is 53.0 Å². The van der Waals surface area contributed by atoms with Crippen LogP contribution in [-0.2, 0) is 17.4 Å². The van der Waals surface area contributed by atoms with Crippen LogP contribution >= 0.6 is 24.0 Å². The number of aryl methyl sites for hydroxylation is 1. The predicted molar refractivity (Wildman–Crippen MR) is 128 cm³/mol. The van der Waals surface area contributed by atoms with Gasteiger partial charge in [-0.3, -0.25) is 9.48 Å². The lowest BCUT2D eigenvalue weighted by Gasteiger charge is -2.20. The number of aliphatic hydroxyl groups is 1. The van der Waals surface area contributed by atoms with E-state index in [0.29, 0.717) is 42.7 Å². The molecule has 4 N–H and O–H groups in total. The summed E-state index contributed by atoms with van der Waals surface area (Å²) in [7, 11) is 1.81. The minimum Gasteiger partial charge on any atom is -0.492 e. The molecule has 1 aromatic heterocycles. The van der Waals surface area contributed by atoms with Gasteiger partial charge in [0, 0.05) is 44.0 Å². The summed E-state index contributed by atoms with van der Waals surface area (Å²) < 4.78 is 7.37. The van der Waals surface area contributed by atoms with E-state index in [-0.39, 0.29) is 36.4 Å². The molecule has 10 heteroatoms. The van der Waals surface area contributed by atoms with Crippen molar-refractivity contribution in [1.29, 1.82) is 0 Å². The van der Waals surface area contributed by atoms with Crippen LogP contribution in [0.2, 0.25) is 0 Å². The fraction of sp³-hybridized carbons (Fsp3) is 0.450. The third kappa shape index (κ3) is 8.57. The number of hydrogen-bond acceptors (Lipinski definition) is 5. The summed E-state index contributed by atoms with van der Waals surface area (Å²) in [6, 6.07) is 7.22. The van der Waals surface area contributed by atoms with E-state index in [4.69, 9.17) is 4.74 Å². The van der Waals surface area contributed by atoms with E-state index in [1.807, 2.05) is 19.1 Å². The van der Waals surface area contributed by atoms with Gasteiger partial charge in [-0.1, -0.05) is 6.07 Å². The highest BCUT2D eigenvalue weighted by atomic mass is 127. The Hall–Kier alpha value is -2.34. The van der Waals surface area contributed by atoms with Crippen molar-refractivity contribution in [1.82, 2.24) is 20.4 Å². The van der Waals surface area contributed by atoms with Gasteiger partial charge in [0.15, 0.2) is 5.96 Å². The monoisotopic (exact) mass is 530 g/mol. The molecule has 0 aliphatic heterocycles. The maximum absolute atomic E-state index is 11.1. The van der Waals surface area contributed by atoms with Gasteiger partial charge >= 0.3 is 0 Å². The number of benzene rings is 1. The Morgan fingerprint density at radius 2 is 2.13 bits per heavy atom. The average Bonchev–Trinajstić information content (AvgIpc) is 3.10. The van der Waals surface area contributed by atoms with Crippen molar-refractivity contribution < 1.29 is 14.6 Å². The average molecular weight is 530 g/mol. The first-order valence-electron chi connectivity index (χ1n) is 9.54. The Morgan fingerprint density at radius 3 is 2.77 bits per heavy atom. The molecule has 0 saturated heterocycles. The van der Waals surface area contributed by atoms with Crippen molar-refractivity contribution in [2.24, 2.45) is 12.0 Å².